The molecule has 1 saturated carbocycles. The molecule has 0 radical (unpaired) electrons. The fourth-order valence-corrected chi connectivity index (χ4v) is 4.47. The van der Waals surface area contributed by atoms with Crippen LogP contribution in [0.5, 0.6) is 0 Å². The topological polar surface area (TPSA) is 67.8 Å². The molecule has 1 aliphatic rings. The van der Waals surface area contributed by atoms with E-state index in [9.17, 15) is 4.79 Å². The van der Waals surface area contributed by atoms with Crippen LogP contribution in [0.25, 0.3) is 22.2 Å². The van der Waals surface area contributed by atoms with Crippen LogP contribution in [-0.4, -0.2) is 21.1 Å². The molecule has 0 aliphatic heterocycles. The highest BCUT2D eigenvalue weighted by atomic mass is 35.5. The smallest absolute Gasteiger partial charge is 0.258 e. The minimum Gasteiger partial charge on any atom is -0.296 e. The number of aromatic nitrogens is 3. The predicted molar refractivity (Wildman–Crippen MR) is 117 cm³/mol. The van der Waals surface area contributed by atoms with Gasteiger partial charge in [0.2, 0.25) is 5.13 Å². The molecule has 1 aliphatic carbocycles. The predicted octanol–water partition coefficient (Wildman–Crippen LogP) is 5.84. The van der Waals surface area contributed by atoms with Crippen LogP contribution < -0.4 is 5.32 Å². The van der Waals surface area contributed by atoms with Gasteiger partial charge in [-0.05, 0) is 37.5 Å². The van der Waals surface area contributed by atoms with Crippen molar-refractivity contribution in [1.82, 2.24) is 15.2 Å². The van der Waals surface area contributed by atoms with E-state index in [1.54, 1.807) is 6.07 Å². The second-order valence-corrected chi connectivity index (χ2v) is 8.60. The van der Waals surface area contributed by atoms with Crippen LogP contribution in [0, 0.1) is 6.92 Å². The monoisotopic (exact) mass is 420 g/mol. The van der Waals surface area contributed by atoms with E-state index < -0.39 is 0 Å². The van der Waals surface area contributed by atoms with Crippen molar-refractivity contribution in [3.05, 3.63) is 69.7 Å². The van der Waals surface area contributed by atoms with Crippen LogP contribution in [0.3, 0.4) is 0 Å². The van der Waals surface area contributed by atoms with Crippen LogP contribution in [0.1, 0.15) is 39.7 Å². The van der Waals surface area contributed by atoms with Crippen LogP contribution in [0.2, 0.25) is 5.02 Å². The van der Waals surface area contributed by atoms with E-state index in [0.29, 0.717) is 27.3 Å². The number of amides is 1. The molecule has 4 aromatic rings. The number of hydrogen-bond donors (Lipinski definition) is 1. The fraction of sp³-hybridized carbons (Fsp3) is 0.182. The number of para-hydroxylation sites is 1. The van der Waals surface area contributed by atoms with Gasteiger partial charge in [0.25, 0.3) is 5.91 Å². The number of nitrogens with zero attached hydrogens (tertiary/aromatic N) is 3. The molecule has 1 fully saturated rings. The molecule has 0 spiro atoms. The second-order valence-electron chi connectivity index (χ2n) is 7.18. The summed E-state index contributed by atoms with van der Waals surface area (Å²) >= 11 is 7.84. The van der Waals surface area contributed by atoms with Gasteiger partial charge in [-0.1, -0.05) is 59.3 Å². The Balaban J connectivity index is 1.60. The average Bonchev–Trinajstić information content (AvgIpc) is 3.47. The first-order chi connectivity index (χ1) is 14.1. The Kier molecular flexibility index (Phi) is 4.53. The first-order valence-corrected chi connectivity index (χ1v) is 10.6. The summed E-state index contributed by atoms with van der Waals surface area (Å²) in [7, 11) is 0. The third kappa shape index (κ3) is 3.50. The SMILES string of the molecule is Cc1cccc2c(C(=O)Nc3nnc(C4CC4)s3)cc(-c3ccccc3Cl)nc12. The number of halogens is 1. The average molecular weight is 421 g/mol. The Labute approximate surface area is 176 Å². The first kappa shape index (κ1) is 18.2. The largest absolute Gasteiger partial charge is 0.296 e. The number of hydrogen-bond acceptors (Lipinski definition) is 5. The number of carbonyl (C=O) groups is 1. The molecule has 5 nitrogen and oxygen atoms in total. The molecular formula is C22H17ClN4OS. The van der Waals surface area contributed by atoms with Crippen LogP contribution >= 0.6 is 22.9 Å². The van der Waals surface area contributed by atoms with E-state index in [-0.39, 0.29) is 5.91 Å². The van der Waals surface area contributed by atoms with Crippen LogP contribution in [0.15, 0.2) is 48.5 Å². The van der Waals surface area contributed by atoms with Gasteiger partial charge < -0.3 is 0 Å². The zero-order valence-electron chi connectivity index (χ0n) is 15.6. The van der Waals surface area contributed by atoms with Gasteiger partial charge in [-0.2, -0.15) is 0 Å². The van der Waals surface area contributed by atoms with E-state index in [1.165, 1.54) is 11.3 Å². The number of nitrogens with one attached hydrogen (secondary N) is 1. The number of fused-ring (bicyclic) bond motifs is 1. The van der Waals surface area contributed by atoms with Crippen molar-refractivity contribution in [2.75, 3.05) is 5.32 Å². The Hall–Kier alpha value is -2.83. The van der Waals surface area contributed by atoms with Gasteiger partial charge >= 0.3 is 0 Å². The highest BCUT2D eigenvalue weighted by Gasteiger charge is 2.28. The number of rotatable bonds is 4. The Bertz CT molecular complexity index is 1250. The minimum atomic E-state index is -0.227. The zero-order chi connectivity index (χ0) is 20.0. The van der Waals surface area contributed by atoms with Crippen LogP contribution in [0.4, 0.5) is 5.13 Å². The first-order valence-electron chi connectivity index (χ1n) is 9.40. The maximum atomic E-state index is 13.2. The summed E-state index contributed by atoms with van der Waals surface area (Å²) in [4.78, 5) is 18.0. The molecule has 2 aromatic heterocycles. The number of benzene rings is 2. The molecule has 144 valence electrons. The molecule has 0 bridgehead atoms. The molecule has 0 atom stereocenters. The van der Waals surface area contributed by atoms with Crippen molar-refractivity contribution >= 4 is 44.9 Å². The lowest BCUT2D eigenvalue weighted by molar-refractivity contribution is 0.102. The Morgan fingerprint density at radius 3 is 2.76 bits per heavy atom. The highest BCUT2D eigenvalue weighted by molar-refractivity contribution is 7.15. The Morgan fingerprint density at radius 2 is 1.97 bits per heavy atom. The normalized spacial score (nSPS) is 13.6. The summed E-state index contributed by atoms with van der Waals surface area (Å²) < 4.78 is 0. The van der Waals surface area contributed by atoms with E-state index in [1.807, 2.05) is 49.4 Å². The lowest BCUT2D eigenvalue weighted by Crippen LogP contribution is -2.13. The molecule has 29 heavy (non-hydrogen) atoms. The van der Waals surface area contributed by atoms with E-state index in [0.717, 1.165) is 39.9 Å². The molecule has 2 heterocycles. The molecular weight excluding hydrogens is 404 g/mol. The molecule has 2 aromatic carbocycles. The quantitative estimate of drug-likeness (QED) is 0.450. The van der Waals surface area contributed by atoms with Gasteiger partial charge in [-0.25, -0.2) is 4.98 Å². The van der Waals surface area contributed by atoms with E-state index in [4.69, 9.17) is 16.6 Å². The molecule has 5 rings (SSSR count). The molecule has 7 heteroatoms. The van der Waals surface area contributed by atoms with Gasteiger partial charge in [-0.15, -0.1) is 10.2 Å². The van der Waals surface area contributed by atoms with Crippen molar-refractivity contribution < 1.29 is 4.79 Å². The van der Waals surface area contributed by atoms with E-state index >= 15 is 0 Å². The number of carbonyl (C=O) groups excluding carboxylic acids is 1. The summed E-state index contributed by atoms with van der Waals surface area (Å²) in [5, 5.41) is 14.2. The molecule has 0 saturated heterocycles. The van der Waals surface area contributed by atoms with Gasteiger partial charge in [0.15, 0.2) is 0 Å². The fourth-order valence-electron chi connectivity index (χ4n) is 3.33. The summed E-state index contributed by atoms with van der Waals surface area (Å²) in [5.41, 5.74) is 3.78. The zero-order valence-corrected chi connectivity index (χ0v) is 17.2. The number of pyridine rings is 1. The van der Waals surface area contributed by atoms with Crippen molar-refractivity contribution in [2.24, 2.45) is 0 Å². The number of aryl methyl sites for hydroxylation is 1. The third-order valence-corrected chi connectivity index (χ3v) is 6.35. The summed E-state index contributed by atoms with van der Waals surface area (Å²) in [6, 6.07) is 15.1. The highest BCUT2D eigenvalue weighted by Crippen LogP contribution is 2.42. The maximum absolute atomic E-state index is 13.2. The summed E-state index contributed by atoms with van der Waals surface area (Å²) in [5.74, 6) is 0.282. The standard InChI is InChI=1S/C22H17ClN4OS/c1-12-5-4-7-14-16(20(28)25-22-27-26-21(29-22)13-9-10-13)11-18(24-19(12)14)15-6-2-3-8-17(15)23/h2-8,11,13H,9-10H2,1H3,(H,25,27,28). The van der Waals surface area contributed by atoms with Gasteiger partial charge in [-0.3, -0.25) is 10.1 Å². The lowest BCUT2D eigenvalue weighted by Gasteiger charge is -2.12. The molecule has 0 unspecified atom stereocenters. The van der Waals surface area contributed by atoms with Gasteiger partial charge in [0.1, 0.15) is 5.01 Å². The van der Waals surface area contributed by atoms with Gasteiger partial charge in [0.05, 0.1) is 16.8 Å². The Morgan fingerprint density at radius 1 is 1.14 bits per heavy atom. The van der Waals surface area contributed by atoms with Crippen molar-refractivity contribution in [3.8, 4) is 11.3 Å². The maximum Gasteiger partial charge on any atom is 0.258 e. The summed E-state index contributed by atoms with van der Waals surface area (Å²) in [6.45, 7) is 1.99. The summed E-state index contributed by atoms with van der Waals surface area (Å²) in [6.07, 6.45) is 2.30. The second kappa shape index (κ2) is 7.21. The lowest BCUT2D eigenvalue weighted by atomic mass is 10.0. The number of anilines is 1. The van der Waals surface area contributed by atoms with Crippen LogP contribution in [-0.2, 0) is 0 Å². The van der Waals surface area contributed by atoms with Crippen molar-refractivity contribution in [3.63, 3.8) is 0 Å². The van der Waals surface area contributed by atoms with Crippen molar-refractivity contribution in [2.45, 2.75) is 25.7 Å². The molecule has 1 amide bonds. The minimum absolute atomic E-state index is 0.227. The third-order valence-electron chi connectivity index (χ3n) is 5.02. The van der Waals surface area contributed by atoms with Crippen molar-refractivity contribution in [1.29, 1.82) is 0 Å². The van der Waals surface area contributed by atoms with E-state index in [2.05, 4.69) is 15.5 Å². The molecule has 1 N–H and O–H groups in total. The van der Waals surface area contributed by atoms with Gasteiger partial charge in [0, 0.05) is 21.9 Å².